The topological polar surface area (TPSA) is 103 Å². The van der Waals surface area contributed by atoms with Gasteiger partial charge in [-0.25, -0.2) is 0 Å². The molecule has 2 aromatic rings. The number of anilines is 1. The van der Waals surface area contributed by atoms with Crippen LogP contribution in [0.3, 0.4) is 0 Å². The summed E-state index contributed by atoms with van der Waals surface area (Å²) in [6.45, 7) is 1.07. The molecule has 24 heavy (non-hydrogen) atoms. The number of benzene rings is 2. The van der Waals surface area contributed by atoms with Crippen LogP contribution in [-0.4, -0.2) is 30.7 Å². The quantitative estimate of drug-likeness (QED) is 0.478. The fourth-order valence-electron chi connectivity index (χ4n) is 2.22. The summed E-state index contributed by atoms with van der Waals surface area (Å²) < 4.78 is 10.4. The summed E-state index contributed by atoms with van der Waals surface area (Å²) in [5, 5.41) is 16.4. The first-order valence-electron chi connectivity index (χ1n) is 7.29. The van der Waals surface area contributed by atoms with Gasteiger partial charge < -0.3 is 20.1 Å². The fourth-order valence-corrected chi connectivity index (χ4v) is 2.22. The molecular weight excluding hydrogens is 314 g/mol. The van der Waals surface area contributed by atoms with Crippen molar-refractivity contribution < 1.29 is 19.2 Å². The van der Waals surface area contributed by atoms with Crippen LogP contribution < -0.4 is 20.1 Å². The third-order valence-electron chi connectivity index (χ3n) is 3.45. The lowest BCUT2D eigenvalue weighted by atomic mass is 10.2. The van der Waals surface area contributed by atoms with Gasteiger partial charge >= 0.3 is 0 Å². The maximum atomic E-state index is 12.1. The molecule has 0 atom stereocenters. The van der Waals surface area contributed by atoms with Crippen LogP contribution in [0.2, 0.25) is 0 Å². The van der Waals surface area contributed by atoms with E-state index in [4.69, 9.17) is 9.47 Å². The van der Waals surface area contributed by atoms with Gasteiger partial charge in [0, 0.05) is 36.5 Å². The highest BCUT2D eigenvalue weighted by molar-refractivity contribution is 5.94. The Morgan fingerprint density at radius 3 is 2.58 bits per heavy atom. The molecule has 2 aromatic carbocycles. The average Bonchev–Trinajstić information content (AvgIpc) is 3.06. The number of non-ortho nitro benzene ring substituents is 1. The lowest BCUT2D eigenvalue weighted by molar-refractivity contribution is -0.384. The summed E-state index contributed by atoms with van der Waals surface area (Å²) in [7, 11) is 0. The molecule has 0 unspecified atom stereocenters. The van der Waals surface area contributed by atoms with Crippen molar-refractivity contribution in [1.82, 2.24) is 5.32 Å². The van der Waals surface area contributed by atoms with Crippen molar-refractivity contribution in [3.63, 3.8) is 0 Å². The van der Waals surface area contributed by atoms with E-state index in [-0.39, 0.29) is 18.4 Å². The molecule has 3 rings (SSSR count). The number of fused-ring (bicyclic) bond motifs is 1. The molecule has 0 fully saturated rings. The van der Waals surface area contributed by atoms with Gasteiger partial charge in [-0.15, -0.1) is 0 Å². The number of nitro groups is 1. The summed E-state index contributed by atoms with van der Waals surface area (Å²) in [6.07, 6.45) is 0. The minimum Gasteiger partial charge on any atom is -0.454 e. The summed E-state index contributed by atoms with van der Waals surface area (Å²) in [5.41, 5.74) is 1.28. The molecule has 0 radical (unpaired) electrons. The second-order valence-electron chi connectivity index (χ2n) is 5.05. The Bertz CT molecular complexity index is 761. The number of carbonyl (C=O) groups is 1. The second kappa shape index (κ2) is 6.86. The van der Waals surface area contributed by atoms with Crippen LogP contribution in [0.5, 0.6) is 11.5 Å². The third kappa shape index (κ3) is 3.54. The van der Waals surface area contributed by atoms with E-state index in [1.165, 1.54) is 12.1 Å². The van der Waals surface area contributed by atoms with Crippen molar-refractivity contribution in [2.75, 3.05) is 25.2 Å². The van der Waals surface area contributed by atoms with E-state index in [1.54, 1.807) is 30.3 Å². The number of hydrogen-bond acceptors (Lipinski definition) is 6. The number of rotatable bonds is 6. The Labute approximate surface area is 137 Å². The molecule has 0 saturated heterocycles. The predicted molar refractivity (Wildman–Crippen MR) is 86.5 cm³/mol. The van der Waals surface area contributed by atoms with Gasteiger partial charge in [0.2, 0.25) is 6.79 Å². The summed E-state index contributed by atoms with van der Waals surface area (Å²) in [6, 6.07) is 11.1. The van der Waals surface area contributed by atoms with Crippen LogP contribution in [0.1, 0.15) is 10.4 Å². The van der Waals surface area contributed by atoms with Gasteiger partial charge in [-0.1, -0.05) is 0 Å². The van der Waals surface area contributed by atoms with Crippen LogP contribution in [0, 0.1) is 10.1 Å². The molecule has 0 saturated carbocycles. The Hall–Kier alpha value is -3.29. The summed E-state index contributed by atoms with van der Waals surface area (Å²) >= 11 is 0. The van der Waals surface area contributed by atoms with Crippen molar-refractivity contribution in [3.8, 4) is 11.5 Å². The monoisotopic (exact) mass is 329 g/mol. The molecule has 124 valence electrons. The average molecular weight is 329 g/mol. The highest BCUT2D eigenvalue weighted by Gasteiger charge is 2.15. The van der Waals surface area contributed by atoms with Crippen molar-refractivity contribution in [1.29, 1.82) is 0 Å². The Kier molecular flexibility index (Phi) is 4.46. The number of hydrogen-bond donors (Lipinski definition) is 2. The van der Waals surface area contributed by atoms with E-state index in [9.17, 15) is 14.9 Å². The number of nitrogens with one attached hydrogen (secondary N) is 2. The zero-order valence-electron chi connectivity index (χ0n) is 12.7. The molecule has 1 amide bonds. The second-order valence-corrected chi connectivity index (χ2v) is 5.05. The fraction of sp³-hybridized carbons (Fsp3) is 0.188. The number of carbonyl (C=O) groups excluding carboxylic acids is 1. The first-order valence-corrected chi connectivity index (χ1v) is 7.29. The van der Waals surface area contributed by atoms with Crippen LogP contribution in [0.25, 0.3) is 0 Å². The SMILES string of the molecule is O=C(NCCNc1ccc([N+](=O)[O-])cc1)c1ccc2c(c1)OCO2. The molecule has 8 heteroatoms. The smallest absolute Gasteiger partial charge is 0.269 e. The number of ether oxygens (including phenoxy) is 2. The van der Waals surface area contributed by atoms with Crippen molar-refractivity contribution in [3.05, 3.63) is 58.1 Å². The van der Waals surface area contributed by atoms with E-state index in [1.807, 2.05) is 0 Å². The van der Waals surface area contributed by atoms with Crippen LogP contribution in [-0.2, 0) is 0 Å². The highest BCUT2D eigenvalue weighted by Crippen LogP contribution is 2.32. The van der Waals surface area contributed by atoms with E-state index in [0.29, 0.717) is 30.2 Å². The Balaban J connectivity index is 1.46. The van der Waals surface area contributed by atoms with Gasteiger partial charge in [0.05, 0.1) is 4.92 Å². The molecule has 0 aliphatic carbocycles. The van der Waals surface area contributed by atoms with E-state index >= 15 is 0 Å². The third-order valence-corrected chi connectivity index (χ3v) is 3.45. The first kappa shape index (κ1) is 15.6. The molecule has 1 aliphatic rings. The molecule has 2 N–H and O–H groups in total. The molecule has 0 spiro atoms. The molecule has 8 nitrogen and oxygen atoms in total. The normalized spacial score (nSPS) is 11.8. The van der Waals surface area contributed by atoms with Gasteiger partial charge in [-0.05, 0) is 30.3 Å². The number of nitrogens with zero attached hydrogens (tertiary/aromatic N) is 1. The highest BCUT2D eigenvalue weighted by atomic mass is 16.7. The van der Waals surface area contributed by atoms with Crippen molar-refractivity contribution in [2.45, 2.75) is 0 Å². The Morgan fingerprint density at radius 2 is 1.83 bits per heavy atom. The van der Waals surface area contributed by atoms with Gasteiger partial charge in [-0.2, -0.15) is 0 Å². The maximum absolute atomic E-state index is 12.1. The number of nitro benzene ring substituents is 1. The van der Waals surface area contributed by atoms with Gasteiger partial charge in [0.25, 0.3) is 11.6 Å². The zero-order valence-corrected chi connectivity index (χ0v) is 12.7. The van der Waals surface area contributed by atoms with Crippen LogP contribution >= 0.6 is 0 Å². The predicted octanol–water partition coefficient (Wildman–Crippen LogP) is 2.17. The molecule has 1 aliphatic heterocycles. The van der Waals surface area contributed by atoms with Gasteiger partial charge in [0.15, 0.2) is 11.5 Å². The summed E-state index contributed by atoms with van der Waals surface area (Å²) in [5.74, 6) is 0.983. The first-order chi connectivity index (χ1) is 11.6. The maximum Gasteiger partial charge on any atom is 0.269 e. The van der Waals surface area contributed by atoms with E-state index < -0.39 is 4.92 Å². The van der Waals surface area contributed by atoms with Crippen molar-refractivity contribution >= 4 is 17.3 Å². The number of amides is 1. The van der Waals surface area contributed by atoms with E-state index in [0.717, 1.165) is 5.69 Å². The molecular formula is C16H15N3O5. The lowest BCUT2D eigenvalue weighted by Crippen LogP contribution is -2.28. The molecule has 0 aromatic heterocycles. The van der Waals surface area contributed by atoms with E-state index in [2.05, 4.69) is 10.6 Å². The minimum atomic E-state index is -0.449. The zero-order chi connectivity index (χ0) is 16.9. The van der Waals surface area contributed by atoms with Crippen molar-refractivity contribution in [2.24, 2.45) is 0 Å². The largest absolute Gasteiger partial charge is 0.454 e. The minimum absolute atomic E-state index is 0.0386. The van der Waals surface area contributed by atoms with Crippen LogP contribution in [0.4, 0.5) is 11.4 Å². The Morgan fingerprint density at radius 1 is 1.08 bits per heavy atom. The van der Waals surface area contributed by atoms with Gasteiger partial charge in [-0.3, -0.25) is 14.9 Å². The standard InChI is InChI=1S/C16H15N3O5/c20-16(11-1-6-14-15(9-11)24-10-23-14)18-8-7-17-12-2-4-13(5-3-12)19(21)22/h1-6,9,17H,7-8,10H2,(H,18,20). The van der Waals surface area contributed by atoms with Crippen LogP contribution in [0.15, 0.2) is 42.5 Å². The molecule has 0 bridgehead atoms. The summed E-state index contributed by atoms with van der Waals surface area (Å²) in [4.78, 5) is 22.2. The lowest BCUT2D eigenvalue weighted by Gasteiger charge is -2.08. The van der Waals surface area contributed by atoms with Gasteiger partial charge in [0.1, 0.15) is 0 Å². The molecule has 1 heterocycles.